The molecule has 0 saturated carbocycles. The summed E-state index contributed by atoms with van der Waals surface area (Å²) in [5, 5.41) is 12.8. The van der Waals surface area contributed by atoms with Gasteiger partial charge in [-0.25, -0.2) is 0 Å². The van der Waals surface area contributed by atoms with Crippen LogP contribution >= 0.6 is 0 Å². The molecule has 3 aromatic rings. The third-order valence-electron chi connectivity index (χ3n) is 2.91. The summed E-state index contributed by atoms with van der Waals surface area (Å²) in [6, 6.07) is 7.63. The molecule has 3 heterocycles. The zero-order valence-corrected chi connectivity index (χ0v) is 10.8. The monoisotopic (exact) mass is 265 g/mol. The van der Waals surface area contributed by atoms with Crippen LogP contribution in [0, 0.1) is 11.3 Å². The minimum Gasteiger partial charge on any atom is -0.345 e. The number of pyridine rings is 1. The Kier molecular flexibility index (Phi) is 3.01. The topological polar surface area (TPSA) is 80.5 Å². The van der Waals surface area contributed by atoms with Crippen molar-refractivity contribution in [2.24, 2.45) is 7.05 Å². The fraction of sp³-hybridized carbons (Fsp3) is 0.143. The van der Waals surface area contributed by atoms with Crippen LogP contribution in [-0.4, -0.2) is 19.7 Å². The molecule has 0 aliphatic carbocycles. The van der Waals surface area contributed by atoms with Gasteiger partial charge in [0.2, 0.25) is 0 Å². The van der Waals surface area contributed by atoms with Crippen molar-refractivity contribution in [3.63, 3.8) is 0 Å². The van der Waals surface area contributed by atoms with Gasteiger partial charge in [0.15, 0.2) is 5.82 Å². The average Bonchev–Trinajstić information content (AvgIpc) is 3.06. The van der Waals surface area contributed by atoms with Gasteiger partial charge in [0, 0.05) is 32.1 Å². The lowest BCUT2D eigenvalue weighted by atomic mass is 10.2. The van der Waals surface area contributed by atoms with Gasteiger partial charge < -0.3 is 9.09 Å². The van der Waals surface area contributed by atoms with Crippen LogP contribution in [-0.2, 0) is 13.5 Å². The average molecular weight is 265 g/mol. The van der Waals surface area contributed by atoms with Crippen LogP contribution in [0.5, 0.6) is 0 Å². The van der Waals surface area contributed by atoms with Crippen LogP contribution < -0.4 is 0 Å². The molecule has 6 nitrogen and oxygen atoms in total. The van der Waals surface area contributed by atoms with E-state index in [1.165, 1.54) is 0 Å². The van der Waals surface area contributed by atoms with Crippen molar-refractivity contribution in [2.75, 3.05) is 0 Å². The van der Waals surface area contributed by atoms with Gasteiger partial charge in [0.1, 0.15) is 11.8 Å². The van der Waals surface area contributed by atoms with Gasteiger partial charge in [-0.2, -0.15) is 10.2 Å². The van der Waals surface area contributed by atoms with E-state index in [9.17, 15) is 0 Å². The normalized spacial score (nSPS) is 10.4. The van der Waals surface area contributed by atoms with Gasteiger partial charge in [0.25, 0.3) is 5.89 Å². The number of hydrogen-bond acceptors (Lipinski definition) is 5. The first-order chi connectivity index (χ1) is 9.76. The molecule has 0 N–H and O–H groups in total. The Morgan fingerprint density at radius 2 is 2.35 bits per heavy atom. The third-order valence-corrected chi connectivity index (χ3v) is 2.91. The SMILES string of the molecule is Cn1cc(C#N)cc1-c1nc(Cc2cccnc2)no1. The maximum absolute atomic E-state index is 8.89. The van der Waals surface area contributed by atoms with Crippen molar-refractivity contribution in [3.05, 3.63) is 53.7 Å². The summed E-state index contributed by atoms with van der Waals surface area (Å²) >= 11 is 0. The van der Waals surface area contributed by atoms with E-state index in [1.54, 1.807) is 29.2 Å². The zero-order chi connectivity index (χ0) is 13.9. The molecule has 6 heteroatoms. The molecule has 0 saturated heterocycles. The number of rotatable bonds is 3. The molecule has 0 bridgehead atoms. The Bertz CT molecular complexity index is 766. The number of hydrogen-bond donors (Lipinski definition) is 0. The summed E-state index contributed by atoms with van der Waals surface area (Å²) in [5.41, 5.74) is 2.31. The van der Waals surface area contributed by atoms with Gasteiger partial charge >= 0.3 is 0 Å². The maximum Gasteiger partial charge on any atom is 0.274 e. The number of nitriles is 1. The van der Waals surface area contributed by atoms with Gasteiger partial charge in [-0.1, -0.05) is 11.2 Å². The van der Waals surface area contributed by atoms with Crippen LogP contribution in [0.15, 0.2) is 41.3 Å². The van der Waals surface area contributed by atoms with Crippen molar-refractivity contribution in [2.45, 2.75) is 6.42 Å². The second-order valence-electron chi connectivity index (χ2n) is 4.39. The molecule has 0 aromatic carbocycles. The zero-order valence-electron chi connectivity index (χ0n) is 10.8. The summed E-state index contributed by atoms with van der Waals surface area (Å²) < 4.78 is 7.04. The standard InChI is InChI=1S/C14H11N5O/c1-19-9-11(7-15)5-12(19)14-17-13(18-20-14)6-10-3-2-4-16-8-10/h2-5,8-9H,6H2,1H3. The molecular formula is C14H11N5O. The van der Waals surface area contributed by atoms with E-state index in [2.05, 4.69) is 21.2 Å². The van der Waals surface area contributed by atoms with E-state index in [4.69, 9.17) is 9.78 Å². The summed E-state index contributed by atoms with van der Waals surface area (Å²) in [4.78, 5) is 8.40. The second-order valence-corrected chi connectivity index (χ2v) is 4.39. The molecule has 98 valence electrons. The summed E-state index contributed by atoms with van der Waals surface area (Å²) in [6.45, 7) is 0. The largest absolute Gasteiger partial charge is 0.345 e. The smallest absolute Gasteiger partial charge is 0.274 e. The van der Waals surface area contributed by atoms with Crippen molar-refractivity contribution in [1.82, 2.24) is 19.7 Å². The molecule has 0 unspecified atom stereocenters. The van der Waals surface area contributed by atoms with E-state index in [0.29, 0.717) is 23.7 Å². The number of nitrogens with zero attached hydrogens (tertiary/aromatic N) is 5. The molecule has 0 aliphatic heterocycles. The lowest BCUT2D eigenvalue weighted by Gasteiger charge is -1.95. The van der Waals surface area contributed by atoms with Gasteiger partial charge in [0.05, 0.1) is 5.56 Å². The second kappa shape index (κ2) is 4.97. The van der Waals surface area contributed by atoms with E-state index >= 15 is 0 Å². The van der Waals surface area contributed by atoms with E-state index < -0.39 is 0 Å². The molecule has 20 heavy (non-hydrogen) atoms. The quantitative estimate of drug-likeness (QED) is 0.722. The highest BCUT2D eigenvalue weighted by atomic mass is 16.5. The lowest BCUT2D eigenvalue weighted by molar-refractivity contribution is 0.421. The molecule has 0 atom stereocenters. The molecule has 0 fully saturated rings. The first-order valence-corrected chi connectivity index (χ1v) is 6.04. The predicted octanol–water partition coefficient (Wildman–Crippen LogP) is 1.93. The Morgan fingerprint density at radius 3 is 3.05 bits per heavy atom. The van der Waals surface area contributed by atoms with E-state index in [-0.39, 0.29) is 0 Å². The fourth-order valence-electron chi connectivity index (χ4n) is 1.95. The fourth-order valence-corrected chi connectivity index (χ4v) is 1.95. The van der Waals surface area contributed by atoms with Gasteiger partial charge in [-0.15, -0.1) is 0 Å². The van der Waals surface area contributed by atoms with Crippen molar-refractivity contribution in [3.8, 4) is 17.7 Å². The predicted molar refractivity (Wildman–Crippen MR) is 70.5 cm³/mol. The summed E-state index contributed by atoms with van der Waals surface area (Å²) in [7, 11) is 1.83. The van der Waals surface area contributed by atoms with Crippen LogP contribution in [0.4, 0.5) is 0 Å². The first kappa shape index (κ1) is 12.1. The van der Waals surface area contributed by atoms with E-state index in [1.807, 2.05) is 19.2 Å². The molecule has 0 amide bonds. The van der Waals surface area contributed by atoms with Crippen LogP contribution in [0.3, 0.4) is 0 Å². The van der Waals surface area contributed by atoms with Gasteiger partial charge in [-0.05, 0) is 17.7 Å². The first-order valence-electron chi connectivity index (χ1n) is 6.04. The third kappa shape index (κ3) is 2.29. The Hall–Kier alpha value is -2.94. The Labute approximate surface area is 115 Å². The van der Waals surface area contributed by atoms with Crippen molar-refractivity contribution >= 4 is 0 Å². The minimum atomic E-state index is 0.410. The Balaban J connectivity index is 1.87. The molecule has 3 rings (SSSR count). The van der Waals surface area contributed by atoms with Crippen LogP contribution in [0.1, 0.15) is 17.0 Å². The number of aryl methyl sites for hydroxylation is 1. The number of aromatic nitrogens is 4. The summed E-state index contributed by atoms with van der Waals surface area (Å²) in [5.74, 6) is 1.00. The minimum absolute atomic E-state index is 0.410. The van der Waals surface area contributed by atoms with Crippen LogP contribution in [0.2, 0.25) is 0 Å². The van der Waals surface area contributed by atoms with E-state index in [0.717, 1.165) is 11.3 Å². The highest BCUT2D eigenvalue weighted by molar-refractivity contribution is 5.52. The highest BCUT2D eigenvalue weighted by Crippen LogP contribution is 2.20. The van der Waals surface area contributed by atoms with Crippen molar-refractivity contribution in [1.29, 1.82) is 5.26 Å². The van der Waals surface area contributed by atoms with Crippen molar-refractivity contribution < 1.29 is 4.52 Å². The molecule has 0 spiro atoms. The lowest BCUT2D eigenvalue weighted by Crippen LogP contribution is -1.92. The molecule has 0 radical (unpaired) electrons. The molecular weight excluding hydrogens is 254 g/mol. The summed E-state index contributed by atoms with van der Waals surface area (Å²) in [6.07, 6.45) is 5.78. The van der Waals surface area contributed by atoms with Crippen LogP contribution in [0.25, 0.3) is 11.6 Å². The van der Waals surface area contributed by atoms with Gasteiger partial charge in [-0.3, -0.25) is 4.98 Å². The Morgan fingerprint density at radius 1 is 1.45 bits per heavy atom. The molecule has 0 aliphatic rings. The highest BCUT2D eigenvalue weighted by Gasteiger charge is 2.13. The molecule has 3 aromatic heterocycles. The maximum atomic E-state index is 8.89.